The molecule has 0 N–H and O–H groups in total. The van der Waals surface area contributed by atoms with Crippen molar-refractivity contribution in [3.8, 4) is 11.4 Å². The lowest BCUT2D eigenvalue weighted by Gasteiger charge is -2.07. The summed E-state index contributed by atoms with van der Waals surface area (Å²) in [5.41, 5.74) is 3.07. The highest BCUT2D eigenvalue weighted by atomic mass is 16.5. The van der Waals surface area contributed by atoms with Gasteiger partial charge in [-0.1, -0.05) is 35.5 Å². The SMILES string of the molecule is COc1ccc(Cc2c(C=O)nnn2-c2ccccc2)cc1. The minimum absolute atomic E-state index is 0.361. The minimum Gasteiger partial charge on any atom is -0.497 e. The smallest absolute Gasteiger partial charge is 0.172 e. The quantitative estimate of drug-likeness (QED) is 0.679. The van der Waals surface area contributed by atoms with Gasteiger partial charge >= 0.3 is 0 Å². The van der Waals surface area contributed by atoms with E-state index in [-0.39, 0.29) is 0 Å². The van der Waals surface area contributed by atoms with E-state index < -0.39 is 0 Å². The van der Waals surface area contributed by atoms with E-state index >= 15 is 0 Å². The Morgan fingerprint density at radius 1 is 1.09 bits per heavy atom. The summed E-state index contributed by atoms with van der Waals surface area (Å²) >= 11 is 0. The number of carbonyl (C=O) groups excluding carboxylic acids is 1. The van der Waals surface area contributed by atoms with Crippen molar-refractivity contribution in [3.63, 3.8) is 0 Å². The summed E-state index contributed by atoms with van der Waals surface area (Å²) in [6.45, 7) is 0. The normalized spacial score (nSPS) is 10.4. The highest BCUT2D eigenvalue weighted by Gasteiger charge is 2.14. The molecule has 5 heteroatoms. The Labute approximate surface area is 128 Å². The van der Waals surface area contributed by atoms with Gasteiger partial charge in [0.2, 0.25) is 0 Å². The molecule has 0 saturated carbocycles. The molecular formula is C17H15N3O2. The van der Waals surface area contributed by atoms with Gasteiger partial charge in [-0.2, -0.15) is 0 Å². The zero-order valence-electron chi connectivity index (χ0n) is 12.1. The summed E-state index contributed by atoms with van der Waals surface area (Å²) in [5, 5.41) is 8.06. The first-order chi connectivity index (χ1) is 10.8. The van der Waals surface area contributed by atoms with Gasteiger partial charge in [-0.3, -0.25) is 4.79 Å². The van der Waals surface area contributed by atoms with Crippen molar-refractivity contribution in [2.24, 2.45) is 0 Å². The second-order valence-electron chi connectivity index (χ2n) is 4.81. The van der Waals surface area contributed by atoms with Crippen molar-refractivity contribution in [2.45, 2.75) is 6.42 Å². The predicted octanol–water partition coefficient (Wildman–Crippen LogP) is 2.68. The highest BCUT2D eigenvalue weighted by Crippen LogP contribution is 2.18. The van der Waals surface area contributed by atoms with Crippen molar-refractivity contribution in [3.05, 3.63) is 71.5 Å². The molecule has 0 aliphatic rings. The van der Waals surface area contributed by atoms with Crippen molar-refractivity contribution < 1.29 is 9.53 Å². The molecule has 1 aromatic heterocycles. The Balaban J connectivity index is 1.98. The first kappa shape index (κ1) is 14.0. The molecule has 22 heavy (non-hydrogen) atoms. The molecule has 0 fully saturated rings. The topological polar surface area (TPSA) is 57.0 Å². The molecule has 3 rings (SSSR count). The fraction of sp³-hybridized carbons (Fsp3) is 0.118. The van der Waals surface area contributed by atoms with Crippen LogP contribution in [0.4, 0.5) is 0 Å². The van der Waals surface area contributed by atoms with Gasteiger partial charge in [0, 0.05) is 6.42 Å². The zero-order chi connectivity index (χ0) is 15.4. The third-order valence-electron chi connectivity index (χ3n) is 3.44. The number of ether oxygens (including phenoxy) is 1. The third kappa shape index (κ3) is 2.74. The van der Waals surface area contributed by atoms with Crippen LogP contribution in [0, 0.1) is 0 Å². The van der Waals surface area contributed by atoms with Gasteiger partial charge in [0.05, 0.1) is 18.5 Å². The summed E-state index contributed by atoms with van der Waals surface area (Å²) in [4.78, 5) is 11.2. The van der Waals surface area contributed by atoms with Gasteiger partial charge < -0.3 is 4.74 Å². The Kier molecular flexibility index (Phi) is 3.96. The van der Waals surface area contributed by atoms with Crippen molar-refractivity contribution >= 4 is 6.29 Å². The van der Waals surface area contributed by atoms with E-state index in [0.29, 0.717) is 12.1 Å². The number of rotatable bonds is 5. The van der Waals surface area contributed by atoms with Crippen LogP contribution < -0.4 is 4.74 Å². The first-order valence-electron chi connectivity index (χ1n) is 6.90. The van der Waals surface area contributed by atoms with Gasteiger partial charge in [-0.15, -0.1) is 5.10 Å². The maximum absolute atomic E-state index is 11.2. The fourth-order valence-electron chi connectivity index (χ4n) is 2.28. The van der Waals surface area contributed by atoms with E-state index in [2.05, 4.69) is 10.3 Å². The Morgan fingerprint density at radius 3 is 2.45 bits per heavy atom. The van der Waals surface area contributed by atoms with E-state index in [1.54, 1.807) is 11.8 Å². The van der Waals surface area contributed by atoms with Crippen molar-refractivity contribution in [1.29, 1.82) is 0 Å². The Hall–Kier alpha value is -2.95. The predicted molar refractivity (Wildman–Crippen MR) is 82.5 cm³/mol. The first-order valence-corrected chi connectivity index (χ1v) is 6.90. The summed E-state index contributed by atoms with van der Waals surface area (Å²) in [6, 6.07) is 17.4. The monoisotopic (exact) mass is 293 g/mol. The lowest BCUT2D eigenvalue weighted by Crippen LogP contribution is -2.04. The maximum Gasteiger partial charge on any atom is 0.172 e. The number of methoxy groups -OCH3 is 1. The molecule has 0 aliphatic heterocycles. The van der Waals surface area contributed by atoms with Crippen LogP contribution in [0.3, 0.4) is 0 Å². The van der Waals surface area contributed by atoms with Gasteiger partial charge in [0.15, 0.2) is 6.29 Å². The second-order valence-corrected chi connectivity index (χ2v) is 4.81. The van der Waals surface area contributed by atoms with Crippen LogP contribution in [0.2, 0.25) is 0 Å². The molecule has 2 aromatic carbocycles. The summed E-state index contributed by atoms with van der Waals surface area (Å²) in [6.07, 6.45) is 1.31. The lowest BCUT2D eigenvalue weighted by molar-refractivity contribution is 0.111. The van der Waals surface area contributed by atoms with Crippen LogP contribution in [-0.4, -0.2) is 28.4 Å². The van der Waals surface area contributed by atoms with Crippen LogP contribution >= 0.6 is 0 Å². The van der Waals surface area contributed by atoms with Crippen LogP contribution in [0.5, 0.6) is 5.75 Å². The number of benzene rings is 2. The average Bonchev–Trinajstić information content (AvgIpc) is 2.99. The molecule has 5 nitrogen and oxygen atoms in total. The number of hydrogen-bond acceptors (Lipinski definition) is 4. The number of carbonyl (C=O) groups is 1. The molecule has 0 unspecified atom stereocenters. The van der Waals surface area contributed by atoms with E-state index in [1.807, 2.05) is 54.6 Å². The van der Waals surface area contributed by atoms with E-state index in [4.69, 9.17) is 4.74 Å². The standard InChI is InChI=1S/C17H15N3O2/c1-22-15-9-7-13(8-10-15)11-17-16(12-21)18-19-20(17)14-5-3-2-4-6-14/h2-10,12H,11H2,1H3. The number of para-hydroxylation sites is 1. The molecule has 0 amide bonds. The largest absolute Gasteiger partial charge is 0.497 e. The number of aldehydes is 1. The van der Waals surface area contributed by atoms with Crippen LogP contribution in [0.15, 0.2) is 54.6 Å². The Morgan fingerprint density at radius 2 is 1.82 bits per heavy atom. The molecule has 0 atom stereocenters. The molecule has 0 saturated heterocycles. The van der Waals surface area contributed by atoms with Crippen LogP contribution in [0.1, 0.15) is 21.7 Å². The van der Waals surface area contributed by atoms with Crippen LogP contribution in [0.25, 0.3) is 5.69 Å². The second kappa shape index (κ2) is 6.22. The van der Waals surface area contributed by atoms with Gasteiger partial charge in [0.1, 0.15) is 11.4 Å². The molecule has 1 heterocycles. The van der Waals surface area contributed by atoms with E-state index in [1.165, 1.54) is 0 Å². The molecule has 0 aliphatic carbocycles. The molecule has 3 aromatic rings. The molecule has 0 spiro atoms. The van der Waals surface area contributed by atoms with E-state index in [0.717, 1.165) is 29.0 Å². The Bertz CT molecular complexity index is 764. The van der Waals surface area contributed by atoms with Crippen molar-refractivity contribution in [1.82, 2.24) is 15.0 Å². The maximum atomic E-state index is 11.2. The fourth-order valence-corrected chi connectivity index (χ4v) is 2.28. The van der Waals surface area contributed by atoms with Gasteiger partial charge in [-0.05, 0) is 29.8 Å². The number of aromatic nitrogens is 3. The number of nitrogens with zero attached hydrogens (tertiary/aromatic N) is 3. The zero-order valence-corrected chi connectivity index (χ0v) is 12.1. The molecule has 0 bridgehead atoms. The van der Waals surface area contributed by atoms with Crippen LogP contribution in [-0.2, 0) is 6.42 Å². The molecule has 0 radical (unpaired) electrons. The summed E-state index contributed by atoms with van der Waals surface area (Å²) < 4.78 is 6.86. The average molecular weight is 293 g/mol. The highest BCUT2D eigenvalue weighted by molar-refractivity contribution is 5.73. The minimum atomic E-state index is 0.361. The summed E-state index contributed by atoms with van der Waals surface area (Å²) in [5.74, 6) is 0.800. The lowest BCUT2D eigenvalue weighted by atomic mass is 10.1. The third-order valence-corrected chi connectivity index (χ3v) is 3.44. The molecule has 110 valence electrons. The van der Waals surface area contributed by atoms with E-state index in [9.17, 15) is 4.79 Å². The summed E-state index contributed by atoms with van der Waals surface area (Å²) in [7, 11) is 1.63. The molecular weight excluding hydrogens is 278 g/mol. The van der Waals surface area contributed by atoms with Gasteiger partial charge in [-0.25, -0.2) is 4.68 Å². The van der Waals surface area contributed by atoms with Crippen molar-refractivity contribution in [2.75, 3.05) is 7.11 Å². The number of hydrogen-bond donors (Lipinski definition) is 0. The van der Waals surface area contributed by atoms with Gasteiger partial charge in [0.25, 0.3) is 0 Å².